The van der Waals surface area contributed by atoms with Crippen LogP contribution in [0.25, 0.3) is 0 Å². The van der Waals surface area contributed by atoms with Crippen molar-refractivity contribution in [2.45, 2.75) is 18.9 Å². The number of benzene rings is 2. The first-order valence-electron chi connectivity index (χ1n) is 15.1. The van der Waals surface area contributed by atoms with Crippen molar-refractivity contribution < 1.29 is 31.1 Å². The molecule has 0 amide bonds. The maximum absolute atomic E-state index is 13.1. The standard InChI is InChI=1S/C16H17F3N4O.C8H5F3O.C8H12N4O/c17-16(18,19)13-4-2-1-3-12(13)10-22-5-7-23(8-6-22)14-9-15(24)21-11-20-14;9-8(10,11)7-4-2-1-3-6(7)5-12;13-8-5-7(10-6-11-8)12-3-1-9-2-4-12/h1-4,9,11H,5-8,10H2,(H,20,21,24);1-5H;5-6,9H,1-4H2,(H,10,11,13). The van der Waals surface area contributed by atoms with E-state index in [-0.39, 0.29) is 35.1 Å². The fourth-order valence-corrected chi connectivity index (χ4v) is 5.12. The molecular weight excluding hydrogens is 658 g/mol. The van der Waals surface area contributed by atoms with E-state index < -0.39 is 23.5 Å². The van der Waals surface area contributed by atoms with E-state index in [1.54, 1.807) is 6.07 Å². The highest BCUT2D eigenvalue weighted by atomic mass is 19.4. The Morgan fingerprint density at radius 1 is 0.673 bits per heavy atom. The summed E-state index contributed by atoms with van der Waals surface area (Å²) in [4.78, 5) is 51.7. The predicted octanol–water partition coefficient (Wildman–Crippen LogP) is 3.81. The lowest BCUT2D eigenvalue weighted by Gasteiger charge is -2.35. The van der Waals surface area contributed by atoms with E-state index >= 15 is 0 Å². The van der Waals surface area contributed by atoms with Crippen molar-refractivity contribution in [3.63, 3.8) is 0 Å². The minimum atomic E-state index is -4.45. The van der Waals surface area contributed by atoms with E-state index in [1.165, 1.54) is 49.1 Å². The van der Waals surface area contributed by atoms with Crippen LogP contribution in [0.3, 0.4) is 0 Å². The Labute approximate surface area is 276 Å². The number of anilines is 2. The van der Waals surface area contributed by atoms with E-state index in [4.69, 9.17) is 0 Å². The van der Waals surface area contributed by atoms with E-state index in [9.17, 15) is 40.7 Å². The first kappa shape index (κ1) is 36.8. The second-order valence-corrected chi connectivity index (χ2v) is 10.9. The van der Waals surface area contributed by atoms with Gasteiger partial charge in [-0.15, -0.1) is 0 Å². The fourth-order valence-electron chi connectivity index (χ4n) is 5.12. The number of piperazine rings is 2. The fraction of sp³-hybridized carbons (Fsp3) is 0.344. The van der Waals surface area contributed by atoms with Crippen LogP contribution < -0.4 is 26.2 Å². The number of H-pyrrole nitrogens is 2. The molecular formula is C32H34F6N8O3. The molecule has 0 spiro atoms. The quantitative estimate of drug-likeness (QED) is 0.211. The van der Waals surface area contributed by atoms with E-state index in [2.05, 4.69) is 30.2 Å². The third-order valence-corrected chi connectivity index (χ3v) is 7.57. The Hall–Kier alpha value is -5.03. The number of nitrogens with zero attached hydrogens (tertiary/aromatic N) is 5. The van der Waals surface area contributed by atoms with Crippen LogP contribution in [-0.2, 0) is 18.9 Å². The molecule has 2 saturated heterocycles. The minimum absolute atomic E-state index is 0.0940. The van der Waals surface area contributed by atoms with Gasteiger partial charge in [0, 0.05) is 76.6 Å². The maximum atomic E-state index is 13.1. The number of aromatic amines is 2. The lowest BCUT2D eigenvalue weighted by atomic mass is 10.1. The van der Waals surface area contributed by atoms with Crippen molar-refractivity contribution in [2.75, 3.05) is 62.2 Å². The molecule has 2 aliphatic rings. The molecule has 6 rings (SSSR count). The zero-order chi connectivity index (χ0) is 35.4. The van der Waals surface area contributed by atoms with Crippen LogP contribution in [0, 0.1) is 0 Å². The highest BCUT2D eigenvalue weighted by Crippen LogP contribution is 2.33. The van der Waals surface area contributed by atoms with Crippen LogP contribution in [0.2, 0.25) is 0 Å². The summed E-state index contributed by atoms with van der Waals surface area (Å²) in [6.07, 6.45) is -5.79. The Balaban J connectivity index is 0.000000182. The monoisotopic (exact) mass is 692 g/mol. The highest BCUT2D eigenvalue weighted by Gasteiger charge is 2.34. The van der Waals surface area contributed by atoms with Gasteiger partial charge in [-0.1, -0.05) is 36.4 Å². The number of carbonyl (C=O) groups excluding carboxylic acids is 1. The minimum Gasteiger partial charge on any atom is -0.354 e. The van der Waals surface area contributed by atoms with Crippen molar-refractivity contribution in [3.05, 3.63) is 116 Å². The van der Waals surface area contributed by atoms with Gasteiger partial charge < -0.3 is 25.1 Å². The number of aromatic nitrogens is 4. The number of hydrogen-bond acceptors (Lipinski definition) is 9. The Kier molecular flexibility index (Phi) is 12.7. The largest absolute Gasteiger partial charge is 0.417 e. The van der Waals surface area contributed by atoms with Gasteiger partial charge in [0.15, 0.2) is 6.29 Å². The topological polar surface area (TPSA) is 130 Å². The molecule has 2 aliphatic heterocycles. The first-order valence-corrected chi connectivity index (χ1v) is 15.1. The number of alkyl halides is 6. The molecule has 0 atom stereocenters. The van der Waals surface area contributed by atoms with E-state index in [1.807, 2.05) is 9.80 Å². The van der Waals surface area contributed by atoms with Gasteiger partial charge in [-0.05, 0) is 17.7 Å². The molecule has 0 aliphatic carbocycles. The average molecular weight is 693 g/mol. The number of aldehydes is 1. The molecule has 17 heteroatoms. The number of hydrogen-bond donors (Lipinski definition) is 3. The van der Waals surface area contributed by atoms with Crippen LogP contribution >= 0.6 is 0 Å². The summed E-state index contributed by atoms with van der Waals surface area (Å²) in [5.41, 5.74) is -1.83. The molecule has 3 N–H and O–H groups in total. The summed E-state index contributed by atoms with van der Waals surface area (Å²) in [5, 5.41) is 3.24. The van der Waals surface area contributed by atoms with Crippen molar-refractivity contribution in [1.82, 2.24) is 30.2 Å². The summed E-state index contributed by atoms with van der Waals surface area (Å²) >= 11 is 0. The highest BCUT2D eigenvalue weighted by molar-refractivity contribution is 5.77. The lowest BCUT2D eigenvalue weighted by molar-refractivity contribution is -0.139. The average Bonchev–Trinajstić information content (AvgIpc) is 3.09. The van der Waals surface area contributed by atoms with Gasteiger partial charge >= 0.3 is 12.4 Å². The van der Waals surface area contributed by atoms with Crippen LogP contribution in [-0.4, -0.2) is 83.5 Å². The summed E-state index contributed by atoms with van der Waals surface area (Å²) in [6.45, 7) is 6.44. The third kappa shape index (κ3) is 11.0. The van der Waals surface area contributed by atoms with Gasteiger partial charge in [-0.3, -0.25) is 19.3 Å². The molecule has 11 nitrogen and oxygen atoms in total. The Morgan fingerprint density at radius 2 is 1.16 bits per heavy atom. The SMILES string of the molecule is O=Cc1ccccc1C(F)(F)F.O=c1cc(N2CCN(Cc3ccccc3C(F)(F)F)CC2)nc[nH]1.O=c1cc(N2CCNCC2)nc[nH]1. The van der Waals surface area contributed by atoms with Crippen LogP contribution in [0.5, 0.6) is 0 Å². The van der Waals surface area contributed by atoms with Crippen molar-refractivity contribution in [2.24, 2.45) is 0 Å². The molecule has 2 fully saturated rings. The molecule has 262 valence electrons. The number of rotatable bonds is 5. The molecule has 0 saturated carbocycles. The zero-order valence-electron chi connectivity index (χ0n) is 26.1. The molecule has 0 bridgehead atoms. The van der Waals surface area contributed by atoms with Crippen LogP contribution in [0.1, 0.15) is 27.0 Å². The Morgan fingerprint density at radius 3 is 1.65 bits per heavy atom. The second-order valence-electron chi connectivity index (χ2n) is 10.9. The lowest BCUT2D eigenvalue weighted by Crippen LogP contribution is -2.46. The van der Waals surface area contributed by atoms with Crippen molar-refractivity contribution >= 4 is 17.9 Å². The number of nitrogens with one attached hydrogen (secondary N) is 3. The summed E-state index contributed by atoms with van der Waals surface area (Å²) in [7, 11) is 0. The Bertz CT molecular complexity index is 1760. The van der Waals surface area contributed by atoms with E-state index in [0.29, 0.717) is 32.0 Å². The predicted molar refractivity (Wildman–Crippen MR) is 171 cm³/mol. The molecule has 4 heterocycles. The van der Waals surface area contributed by atoms with Crippen molar-refractivity contribution in [3.8, 4) is 0 Å². The third-order valence-electron chi connectivity index (χ3n) is 7.57. The smallest absolute Gasteiger partial charge is 0.354 e. The van der Waals surface area contributed by atoms with Gasteiger partial charge in [-0.25, -0.2) is 9.97 Å². The summed E-state index contributed by atoms with van der Waals surface area (Å²) in [5.74, 6) is 1.36. The molecule has 2 aromatic carbocycles. The van der Waals surface area contributed by atoms with Crippen LogP contribution in [0.15, 0.2) is 82.9 Å². The summed E-state index contributed by atoms with van der Waals surface area (Å²) < 4.78 is 75.4. The molecule has 4 aromatic rings. The van der Waals surface area contributed by atoms with Crippen molar-refractivity contribution in [1.29, 1.82) is 0 Å². The molecule has 2 aromatic heterocycles. The maximum Gasteiger partial charge on any atom is 0.417 e. The second kappa shape index (κ2) is 16.9. The molecule has 0 unspecified atom stereocenters. The first-order chi connectivity index (χ1) is 23.3. The van der Waals surface area contributed by atoms with Gasteiger partial charge in [0.05, 0.1) is 23.8 Å². The van der Waals surface area contributed by atoms with Gasteiger partial charge in [0.25, 0.3) is 11.1 Å². The van der Waals surface area contributed by atoms with Gasteiger partial charge in [-0.2, -0.15) is 26.3 Å². The number of halogens is 6. The normalized spacial score (nSPS) is 15.4. The number of carbonyl (C=O) groups is 1. The van der Waals surface area contributed by atoms with Crippen LogP contribution in [0.4, 0.5) is 38.0 Å². The van der Waals surface area contributed by atoms with E-state index in [0.717, 1.165) is 50.2 Å². The zero-order valence-corrected chi connectivity index (χ0v) is 26.1. The molecule has 0 radical (unpaired) electrons. The van der Waals surface area contributed by atoms with Gasteiger partial charge in [0.2, 0.25) is 0 Å². The molecule has 49 heavy (non-hydrogen) atoms. The summed E-state index contributed by atoms with van der Waals surface area (Å²) in [6, 6.07) is 13.3. The van der Waals surface area contributed by atoms with Gasteiger partial charge in [0.1, 0.15) is 11.6 Å².